The normalized spacial score (nSPS) is 24.9. The number of aliphatic hydroxyl groups is 1. The summed E-state index contributed by atoms with van der Waals surface area (Å²) >= 11 is 12.6. The highest BCUT2D eigenvalue weighted by atomic mass is 35.5. The van der Waals surface area contributed by atoms with Crippen molar-refractivity contribution in [3.05, 3.63) is 69.7 Å². The Morgan fingerprint density at radius 3 is 2.39 bits per heavy atom. The Balaban J connectivity index is 1.83. The number of nitrogens with one attached hydrogen (secondary N) is 1. The Morgan fingerprint density at radius 2 is 1.82 bits per heavy atom. The van der Waals surface area contributed by atoms with Crippen LogP contribution in [0.2, 0.25) is 10.0 Å². The first-order chi connectivity index (χ1) is 18.0. The molecule has 2 N–H and O–H groups in total. The van der Waals surface area contributed by atoms with Crippen LogP contribution in [0, 0.1) is 5.41 Å². The summed E-state index contributed by atoms with van der Waals surface area (Å²) in [5, 5.41) is 10.2. The minimum Gasteiger partial charge on any atom is -0.389 e. The minimum atomic E-state index is -3.47. The summed E-state index contributed by atoms with van der Waals surface area (Å²) in [5.41, 5.74) is 0.663. The van der Waals surface area contributed by atoms with E-state index < -0.39 is 39.9 Å². The number of piperidine rings is 1. The molecule has 1 aliphatic heterocycles. The maximum Gasteiger partial charge on any atom is 0.229 e. The Kier molecular flexibility index (Phi) is 8.89. The summed E-state index contributed by atoms with van der Waals surface area (Å²) in [6.07, 6.45) is 2.01. The van der Waals surface area contributed by atoms with E-state index in [0.29, 0.717) is 35.7 Å². The van der Waals surface area contributed by atoms with Gasteiger partial charge >= 0.3 is 0 Å². The minimum absolute atomic E-state index is 0.0669. The van der Waals surface area contributed by atoms with Crippen molar-refractivity contribution in [2.45, 2.75) is 69.2 Å². The molecule has 0 spiro atoms. The maximum absolute atomic E-state index is 14.3. The number of hydrogen-bond acceptors (Lipinski definition) is 5. The number of ketones is 1. The summed E-state index contributed by atoms with van der Waals surface area (Å²) in [6, 6.07) is 13.8. The SMILES string of the molecule is CC[C@@H](CNS(=O)(=O)C1CC1)N1C(=O)[C@@](C)(CC(=O)CO)C[C@H](c2cccc(Cl)c2)C1c1ccc(Cl)cc1. The highest BCUT2D eigenvalue weighted by Gasteiger charge is 2.52. The predicted molar refractivity (Wildman–Crippen MR) is 149 cm³/mol. The van der Waals surface area contributed by atoms with Crippen LogP contribution in [0.15, 0.2) is 48.5 Å². The van der Waals surface area contributed by atoms with Crippen LogP contribution in [0.25, 0.3) is 0 Å². The molecular formula is C28H34Cl2N2O5S. The lowest BCUT2D eigenvalue weighted by Crippen LogP contribution is -2.58. The fourth-order valence-corrected chi connectivity index (χ4v) is 7.33. The third-order valence-electron chi connectivity index (χ3n) is 7.70. The average Bonchev–Trinajstić information content (AvgIpc) is 3.74. The number of carbonyl (C=O) groups excluding carboxylic acids is 2. The van der Waals surface area contributed by atoms with Crippen molar-refractivity contribution in [2.24, 2.45) is 5.41 Å². The highest BCUT2D eigenvalue weighted by Crippen LogP contribution is 2.52. The molecule has 7 nitrogen and oxygen atoms in total. The van der Waals surface area contributed by atoms with Gasteiger partial charge in [-0.3, -0.25) is 9.59 Å². The first-order valence-corrected chi connectivity index (χ1v) is 15.2. The highest BCUT2D eigenvalue weighted by molar-refractivity contribution is 7.90. The molecule has 1 saturated heterocycles. The van der Waals surface area contributed by atoms with Crippen molar-refractivity contribution in [1.29, 1.82) is 0 Å². The van der Waals surface area contributed by atoms with E-state index in [-0.39, 0.29) is 30.0 Å². The third-order valence-corrected chi connectivity index (χ3v) is 10.1. The van der Waals surface area contributed by atoms with E-state index in [9.17, 15) is 23.1 Å². The van der Waals surface area contributed by atoms with Gasteiger partial charge in [-0.1, -0.05) is 61.3 Å². The molecule has 4 rings (SSSR count). The van der Waals surface area contributed by atoms with Crippen molar-refractivity contribution in [2.75, 3.05) is 13.2 Å². The quantitative estimate of drug-likeness (QED) is 0.394. The van der Waals surface area contributed by atoms with Gasteiger partial charge in [0, 0.05) is 35.0 Å². The number of amides is 1. The molecule has 1 aliphatic carbocycles. The number of aliphatic hydroxyl groups excluding tert-OH is 1. The Labute approximate surface area is 234 Å². The summed E-state index contributed by atoms with van der Waals surface area (Å²) in [5.74, 6) is -0.911. The van der Waals surface area contributed by atoms with Crippen LogP contribution in [0.5, 0.6) is 0 Å². The lowest BCUT2D eigenvalue weighted by atomic mass is 9.66. The van der Waals surface area contributed by atoms with Crippen molar-refractivity contribution < 1.29 is 23.1 Å². The number of likely N-dealkylation sites (tertiary alicyclic amines) is 1. The molecule has 2 fully saturated rings. The molecule has 10 heteroatoms. The fraction of sp³-hybridized carbons (Fsp3) is 0.500. The van der Waals surface area contributed by atoms with E-state index in [1.165, 1.54) is 0 Å². The van der Waals surface area contributed by atoms with Crippen molar-refractivity contribution in [3.63, 3.8) is 0 Å². The number of rotatable bonds is 11. The number of nitrogens with zero attached hydrogens (tertiary/aromatic N) is 1. The molecule has 2 aromatic carbocycles. The number of halogens is 2. The first kappa shape index (κ1) is 29.0. The van der Waals surface area contributed by atoms with Crippen LogP contribution in [-0.4, -0.2) is 54.6 Å². The van der Waals surface area contributed by atoms with Gasteiger partial charge in [-0.05, 0) is 61.1 Å². The van der Waals surface area contributed by atoms with Crippen LogP contribution in [0.1, 0.15) is 69.0 Å². The van der Waals surface area contributed by atoms with Gasteiger partial charge in [0.15, 0.2) is 5.78 Å². The second-order valence-electron chi connectivity index (χ2n) is 10.7. The van der Waals surface area contributed by atoms with Gasteiger partial charge in [-0.15, -0.1) is 0 Å². The average molecular weight is 582 g/mol. The van der Waals surface area contributed by atoms with E-state index in [0.717, 1.165) is 11.1 Å². The number of carbonyl (C=O) groups is 2. The molecular weight excluding hydrogens is 547 g/mol. The van der Waals surface area contributed by atoms with Crippen LogP contribution >= 0.6 is 23.2 Å². The first-order valence-electron chi connectivity index (χ1n) is 12.9. The zero-order chi connectivity index (χ0) is 27.7. The van der Waals surface area contributed by atoms with Gasteiger partial charge in [0.05, 0.1) is 16.7 Å². The van der Waals surface area contributed by atoms with E-state index >= 15 is 0 Å². The zero-order valence-corrected chi connectivity index (χ0v) is 23.9. The molecule has 1 unspecified atom stereocenters. The number of hydrogen-bond donors (Lipinski definition) is 2. The lowest BCUT2D eigenvalue weighted by molar-refractivity contribution is -0.157. The van der Waals surface area contributed by atoms with Gasteiger partial charge < -0.3 is 10.0 Å². The Hall–Kier alpha value is -1.97. The summed E-state index contributed by atoms with van der Waals surface area (Å²) in [7, 11) is -3.47. The predicted octanol–water partition coefficient (Wildman–Crippen LogP) is 4.87. The topological polar surface area (TPSA) is 104 Å². The summed E-state index contributed by atoms with van der Waals surface area (Å²) < 4.78 is 28.1. The molecule has 206 valence electrons. The summed E-state index contributed by atoms with van der Waals surface area (Å²) in [4.78, 5) is 28.5. The molecule has 2 aromatic rings. The van der Waals surface area contributed by atoms with Crippen molar-refractivity contribution >= 4 is 44.9 Å². The molecule has 0 bridgehead atoms. The molecule has 4 atom stereocenters. The van der Waals surface area contributed by atoms with E-state index in [1.807, 2.05) is 37.3 Å². The van der Waals surface area contributed by atoms with Crippen LogP contribution in [0.3, 0.4) is 0 Å². The molecule has 0 aromatic heterocycles. The molecule has 38 heavy (non-hydrogen) atoms. The van der Waals surface area contributed by atoms with E-state index in [1.54, 1.807) is 30.0 Å². The lowest BCUT2D eigenvalue weighted by Gasteiger charge is -2.52. The van der Waals surface area contributed by atoms with Crippen LogP contribution < -0.4 is 4.72 Å². The zero-order valence-electron chi connectivity index (χ0n) is 21.6. The van der Waals surface area contributed by atoms with Crippen LogP contribution in [-0.2, 0) is 19.6 Å². The molecule has 1 amide bonds. The fourth-order valence-electron chi connectivity index (χ4n) is 5.59. The van der Waals surface area contributed by atoms with Gasteiger partial charge in [-0.2, -0.15) is 0 Å². The van der Waals surface area contributed by atoms with Gasteiger partial charge in [0.25, 0.3) is 0 Å². The smallest absolute Gasteiger partial charge is 0.229 e. The molecule has 0 radical (unpaired) electrons. The molecule has 2 aliphatic rings. The second kappa shape index (κ2) is 11.6. The Bertz CT molecular complexity index is 1280. The van der Waals surface area contributed by atoms with Gasteiger partial charge in [-0.25, -0.2) is 13.1 Å². The van der Waals surface area contributed by atoms with Crippen LogP contribution in [0.4, 0.5) is 0 Å². The van der Waals surface area contributed by atoms with E-state index in [4.69, 9.17) is 23.2 Å². The standard InChI is InChI=1S/C28H34Cl2N2O5S/c1-3-22(16-31-38(36,37)24-11-12-24)32-26(18-7-9-20(29)10-8-18)25(19-5-4-6-21(30)13-19)15-28(2,27(32)35)14-23(34)17-33/h4-10,13,22,24-26,31,33H,3,11-12,14-17H2,1-2H3/t22-,25+,26?,28-/m0/s1. The molecule has 1 saturated carbocycles. The molecule has 1 heterocycles. The summed E-state index contributed by atoms with van der Waals surface area (Å²) in [6.45, 7) is 3.09. The van der Waals surface area contributed by atoms with E-state index in [2.05, 4.69) is 4.72 Å². The maximum atomic E-state index is 14.3. The van der Waals surface area contributed by atoms with Gasteiger partial charge in [0.1, 0.15) is 6.61 Å². The third kappa shape index (κ3) is 6.26. The Morgan fingerprint density at radius 1 is 1.13 bits per heavy atom. The largest absolute Gasteiger partial charge is 0.389 e. The van der Waals surface area contributed by atoms with Crippen molar-refractivity contribution in [1.82, 2.24) is 9.62 Å². The number of Topliss-reactive ketones (excluding diaryl/α,β-unsaturated/α-hetero) is 1. The number of benzene rings is 2. The second-order valence-corrected chi connectivity index (χ2v) is 13.6. The number of sulfonamides is 1. The monoisotopic (exact) mass is 580 g/mol. The van der Waals surface area contributed by atoms with Gasteiger partial charge in [0.2, 0.25) is 15.9 Å². The van der Waals surface area contributed by atoms with Crippen molar-refractivity contribution in [3.8, 4) is 0 Å².